The summed E-state index contributed by atoms with van der Waals surface area (Å²) in [4.78, 5) is 23.9. The first-order chi connectivity index (χ1) is 8.85. The fraction of sp³-hybridized carbons (Fsp3) is 0.857. The molecule has 0 aliphatic rings. The zero-order chi connectivity index (χ0) is 14.8. The van der Waals surface area contributed by atoms with Crippen molar-refractivity contribution < 1.29 is 19.1 Å². The maximum atomic E-state index is 10.8. The summed E-state index contributed by atoms with van der Waals surface area (Å²) < 4.78 is 10.2. The van der Waals surface area contributed by atoms with E-state index in [4.69, 9.17) is 9.47 Å². The Labute approximate surface area is 116 Å². The second kappa shape index (κ2) is 9.78. The van der Waals surface area contributed by atoms with Crippen LogP contribution in [0.1, 0.15) is 47.5 Å². The van der Waals surface area contributed by atoms with E-state index in [1.54, 1.807) is 0 Å². The molecule has 0 radical (unpaired) electrons. The van der Waals surface area contributed by atoms with Gasteiger partial charge in [-0.25, -0.2) is 0 Å². The molecule has 0 aromatic carbocycles. The smallest absolute Gasteiger partial charge is 0.302 e. The Morgan fingerprint density at radius 2 is 1.32 bits per heavy atom. The summed E-state index contributed by atoms with van der Waals surface area (Å²) in [7, 11) is 0. The Kier molecular flexibility index (Phi) is 9.21. The monoisotopic (exact) mass is 273 g/mol. The molecule has 0 saturated carbocycles. The Bertz CT molecular complexity index is 255. The van der Waals surface area contributed by atoms with Gasteiger partial charge >= 0.3 is 11.9 Å². The lowest BCUT2D eigenvalue weighted by atomic mass is 10.2. The van der Waals surface area contributed by atoms with Crippen molar-refractivity contribution in [3.63, 3.8) is 0 Å². The van der Waals surface area contributed by atoms with E-state index in [1.165, 1.54) is 13.8 Å². The minimum Gasteiger partial charge on any atom is -0.463 e. The molecule has 0 fully saturated rings. The summed E-state index contributed by atoms with van der Waals surface area (Å²) >= 11 is 0. The zero-order valence-corrected chi connectivity index (χ0v) is 12.8. The summed E-state index contributed by atoms with van der Waals surface area (Å²) in [5, 5.41) is 0. The van der Waals surface area contributed by atoms with E-state index in [0.717, 1.165) is 32.5 Å². The van der Waals surface area contributed by atoms with Crippen molar-refractivity contribution in [1.82, 2.24) is 4.90 Å². The molecule has 0 heterocycles. The van der Waals surface area contributed by atoms with Gasteiger partial charge in [-0.15, -0.1) is 0 Å². The lowest BCUT2D eigenvalue weighted by molar-refractivity contribution is -0.146. The van der Waals surface area contributed by atoms with Gasteiger partial charge in [-0.3, -0.25) is 9.59 Å². The van der Waals surface area contributed by atoms with Crippen molar-refractivity contribution in [2.75, 3.05) is 19.6 Å². The minimum absolute atomic E-state index is 0.0579. The van der Waals surface area contributed by atoms with Crippen LogP contribution in [0.5, 0.6) is 0 Å². The summed E-state index contributed by atoms with van der Waals surface area (Å²) in [6.45, 7) is 11.4. The number of hydrogen-bond donors (Lipinski definition) is 0. The second-order valence-electron chi connectivity index (χ2n) is 4.85. The molecule has 5 heteroatoms. The lowest BCUT2D eigenvalue weighted by Crippen LogP contribution is -2.31. The number of carbonyl (C=O) groups excluding carboxylic acids is 2. The molecule has 0 aliphatic carbocycles. The van der Waals surface area contributed by atoms with E-state index in [1.807, 2.05) is 13.8 Å². The average Bonchev–Trinajstić information content (AvgIpc) is 2.27. The highest BCUT2D eigenvalue weighted by atomic mass is 16.5. The molecule has 0 amide bonds. The van der Waals surface area contributed by atoms with Crippen LogP contribution in [-0.4, -0.2) is 48.7 Å². The van der Waals surface area contributed by atoms with Gasteiger partial charge in [0.05, 0.1) is 0 Å². The predicted octanol–water partition coefficient (Wildman–Crippen LogP) is 1.99. The number of nitrogens with zero attached hydrogens (tertiary/aromatic N) is 1. The van der Waals surface area contributed by atoms with Crippen molar-refractivity contribution in [2.45, 2.75) is 59.7 Å². The van der Waals surface area contributed by atoms with Gasteiger partial charge in [0.2, 0.25) is 0 Å². The summed E-state index contributed by atoms with van der Waals surface area (Å²) in [6.07, 6.45) is 1.51. The van der Waals surface area contributed by atoms with Crippen LogP contribution in [0.15, 0.2) is 0 Å². The van der Waals surface area contributed by atoms with E-state index < -0.39 is 0 Å². The quantitative estimate of drug-likeness (QED) is 0.601. The van der Waals surface area contributed by atoms with Gasteiger partial charge in [0.25, 0.3) is 0 Å². The first kappa shape index (κ1) is 17.9. The topological polar surface area (TPSA) is 55.8 Å². The number of esters is 2. The summed E-state index contributed by atoms with van der Waals surface area (Å²) in [5.74, 6) is -0.474. The molecule has 0 saturated heterocycles. The highest BCUT2D eigenvalue weighted by molar-refractivity contribution is 5.66. The second-order valence-corrected chi connectivity index (χ2v) is 4.85. The maximum Gasteiger partial charge on any atom is 0.302 e. The largest absolute Gasteiger partial charge is 0.463 e. The van der Waals surface area contributed by atoms with Crippen molar-refractivity contribution in [1.29, 1.82) is 0 Å². The first-order valence-electron chi connectivity index (χ1n) is 6.91. The SMILES string of the molecule is CCN(CCC(C)OC(C)=O)CCC(C)OC(C)=O. The Balaban J connectivity index is 3.88. The molecule has 5 nitrogen and oxygen atoms in total. The predicted molar refractivity (Wildman–Crippen MR) is 73.8 cm³/mol. The fourth-order valence-electron chi connectivity index (χ4n) is 1.84. The zero-order valence-electron chi connectivity index (χ0n) is 12.8. The minimum atomic E-state index is -0.237. The van der Waals surface area contributed by atoms with E-state index in [9.17, 15) is 9.59 Å². The number of hydrogen-bond acceptors (Lipinski definition) is 5. The van der Waals surface area contributed by atoms with Gasteiger partial charge in [-0.05, 0) is 33.2 Å². The van der Waals surface area contributed by atoms with E-state index in [2.05, 4.69) is 11.8 Å². The van der Waals surface area contributed by atoms with Crippen molar-refractivity contribution in [3.05, 3.63) is 0 Å². The molecule has 0 aromatic heterocycles. The van der Waals surface area contributed by atoms with Crippen molar-refractivity contribution in [2.24, 2.45) is 0 Å². The van der Waals surface area contributed by atoms with Crippen molar-refractivity contribution >= 4 is 11.9 Å². The average molecular weight is 273 g/mol. The number of carbonyl (C=O) groups is 2. The van der Waals surface area contributed by atoms with E-state index in [0.29, 0.717) is 0 Å². The van der Waals surface area contributed by atoms with Gasteiger partial charge in [0.1, 0.15) is 12.2 Å². The molecule has 0 bridgehead atoms. The van der Waals surface area contributed by atoms with Gasteiger partial charge in [-0.1, -0.05) is 6.92 Å². The summed E-state index contributed by atoms with van der Waals surface area (Å²) in [5.41, 5.74) is 0. The highest BCUT2D eigenvalue weighted by Gasteiger charge is 2.11. The molecule has 112 valence electrons. The Morgan fingerprint density at radius 3 is 1.58 bits per heavy atom. The van der Waals surface area contributed by atoms with Crippen molar-refractivity contribution in [3.8, 4) is 0 Å². The van der Waals surface area contributed by atoms with E-state index >= 15 is 0 Å². The molecular formula is C14H27NO4. The van der Waals surface area contributed by atoms with Crippen LogP contribution in [0.2, 0.25) is 0 Å². The molecule has 0 aliphatic heterocycles. The highest BCUT2D eigenvalue weighted by Crippen LogP contribution is 2.04. The van der Waals surface area contributed by atoms with Crippen LogP contribution in [-0.2, 0) is 19.1 Å². The summed E-state index contributed by atoms with van der Waals surface area (Å²) in [6, 6.07) is 0. The van der Waals surface area contributed by atoms with Gasteiger partial charge in [0, 0.05) is 26.9 Å². The maximum absolute atomic E-state index is 10.8. The normalized spacial score (nSPS) is 14.0. The molecule has 0 rings (SSSR count). The molecule has 0 N–H and O–H groups in total. The molecule has 19 heavy (non-hydrogen) atoms. The van der Waals surface area contributed by atoms with Gasteiger partial charge < -0.3 is 14.4 Å². The molecule has 2 atom stereocenters. The van der Waals surface area contributed by atoms with Gasteiger partial charge in [0.15, 0.2) is 0 Å². The van der Waals surface area contributed by atoms with Crippen LogP contribution >= 0.6 is 0 Å². The van der Waals surface area contributed by atoms with Gasteiger partial charge in [-0.2, -0.15) is 0 Å². The lowest BCUT2D eigenvalue weighted by Gasteiger charge is -2.23. The molecule has 0 aromatic rings. The third-order valence-corrected chi connectivity index (χ3v) is 2.89. The Morgan fingerprint density at radius 1 is 0.947 bits per heavy atom. The number of ether oxygens (including phenoxy) is 2. The molecule has 0 spiro atoms. The van der Waals surface area contributed by atoms with E-state index in [-0.39, 0.29) is 24.1 Å². The molecule has 2 unspecified atom stereocenters. The molecular weight excluding hydrogens is 246 g/mol. The fourth-order valence-corrected chi connectivity index (χ4v) is 1.84. The van der Waals surface area contributed by atoms with Crippen LogP contribution < -0.4 is 0 Å². The standard InChI is InChI=1S/C14H27NO4/c1-6-15(9-7-11(2)18-13(4)16)10-8-12(3)19-14(5)17/h11-12H,6-10H2,1-5H3. The van der Waals surface area contributed by atoms with Crippen LogP contribution in [0.25, 0.3) is 0 Å². The van der Waals surface area contributed by atoms with Crippen LogP contribution in [0.3, 0.4) is 0 Å². The Hall–Kier alpha value is -1.10. The first-order valence-corrected chi connectivity index (χ1v) is 6.91. The third kappa shape index (κ3) is 10.5. The van der Waals surface area contributed by atoms with Crippen LogP contribution in [0.4, 0.5) is 0 Å². The van der Waals surface area contributed by atoms with Crippen LogP contribution in [0, 0.1) is 0 Å². The number of rotatable bonds is 9. The third-order valence-electron chi connectivity index (χ3n) is 2.89.